The second-order valence-electron chi connectivity index (χ2n) is 5.07. The Morgan fingerprint density at radius 2 is 2.10 bits per heavy atom. The number of hydrogen-bond acceptors (Lipinski definition) is 2. The lowest BCUT2D eigenvalue weighted by Crippen LogP contribution is -2.05. The maximum absolute atomic E-state index is 13.3. The first kappa shape index (κ1) is 13.6. The number of fused-ring (bicyclic) bond motifs is 1. The first-order valence-corrected chi connectivity index (χ1v) is 7.37. The second-order valence-corrected chi connectivity index (χ2v) is 5.99. The Bertz CT molecular complexity index is 624. The quantitative estimate of drug-likeness (QED) is 0.915. The zero-order valence-electron chi connectivity index (χ0n) is 10.9. The summed E-state index contributed by atoms with van der Waals surface area (Å²) in [6.45, 7) is 0.348. The van der Waals surface area contributed by atoms with Crippen molar-refractivity contribution in [2.75, 3.05) is 0 Å². The Morgan fingerprint density at radius 3 is 2.90 bits per heavy atom. The molecule has 20 heavy (non-hydrogen) atoms. The van der Waals surface area contributed by atoms with Gasteiger partial charge in [0.05, 0.1) is 0 Å². The van der Waals surface area contributed by atoms with Crippen LogP contribution >= 0.6 is 15.9 Å². The third-order valence-electron chi connectivity index (χ3n) is 3.57. The van der Waals surface area contributed by atoms with Crippen LogP contribution in [0.1, 0.15) is 29.2 Å². The van der Waals surface area contributed by atoms with E-state index in [1.807, 2.05) is 24.3 Å². The SMILES string of the molecule is NC1CCc2cc(OCc3cc(F)cc(Br)c3)ccc21. The largest absolute Gasteiger partial charge is 0.489 e. The zero-order valence-corrected chi connectivity index (χ0v) is 12.5. The molecule has 1 unspecified atom stereocenters. The average molecular weight is 336 g/mol. The molecular formula is C16H15BrFNO. The van der Waals surface area contributed by atoms with Gasteiger partial charge in [-0.2, -0.15) is 0 Å². The molecular weight excluding hydrogens is 321 g/mol. The molecule has 1 aliphatic carbocycles. The van der Waals surface area contributed by atoms with Crippen LogP contribution in [0.3, 0.4) is 0 Å². The van der Waals surface area contributed by atoms with Crippen molar-refractivity contribution in [3.63, 3.8) is 0 Å². The minimum atomic E-state index is -0.266. The van der Waals surface area contributed by atoms with Gasteiger partial charge in [0.1, 0.15) is 18.2 Å². The van der Waals surface area contributed by atoms with Crippen LogP contribution < -0.4 is 10.5 Å². The van der Waals surface area contributed by atoms with Crippen LogP contribution in [0, 0.1) is 5.82 Å². The molecule has 4 heteroatoms. The molecule has 104 valence electrons. The van der Waals surface area contributed by atoms with Crippen molar-refractivity contribution < 1.29 is 9.13 Å². The van der Waals surface area contributed by atoms with Gasteiger partial charge in [0.25, 0.3) is 0 Å². The number of nitrogens with two attached hydrogens (primary N) is 1. The number of benzene rings is 2. The minimum absolute atomic E-state index is 0.151. The molecule has 0 heterocycles. The fourth-order valence-corrected chi connectivity index (χ4v) is 3.09. The summed E-state index contributed by atoms with van der Waals surface area (Å²) < 4.78 is 19.7. The number of halogens is 2. The van der Waals surface area contributed by atoms with E-state index < -0.39 is 0 Å². The Labute approximate surface area is 125 Å². The zero-order chi connectivity index (χ0) is 14.1. The number of rotatable bonds is 3. The average Bonchev–Trinajstić information content (AvgIpc) is 2.77. The molecule has 0 saturated heterocycles. The summed E-state index contributed by atoms with van der Waals surface area (Å²) in [5, 5.41) is 0. The highest BCUT2D eigenvalue weighted by molar-refractivity contribution is 9.10. The van der Waals surface area contributed by atoms with Crippen LogP contribution in [0.25, 0.3) is 0 Å². The predicted molar refractivity (Wildman–Crippen MR) is 80.1 cm³/mol. The monoisotopic (exact) mass is 335 g/mol. The van der Waals surface area contributed by atoms with E-state index in [0.29, 0.717) is 6.61 Å². The van der Waals surface area contributed by atoms with E-state index in [1.165, 1.54) is 23.3 Å². The van der Waals surface area contributed by atoms with Crippen molar-refractivity contribution in [3.05, 3.63) is 63.4 Å². The molecule has 0 saturated carbocycles. The van der Waals surface area contributed by atoms with E-state index in [4.69, 9.17) is 10.5 Å². The summed E-state index contributed by atoms with van der Waals surface area (Å²) in [6.07, 6.45) is 1.99. The third kappa shape index (κ3) is 2.86. The van der Waals surface area contributed by atoms with Gasteiger partial charge in [-0.1, -0.05) is 22.0 Å². The van der Waals surface area contributed by atoms with Gasteiger partial charge in [-0.3, -0.25) is 0 Å². The molecule has 2 nitrogen and oxygen atoms in total. The molecule has 0 aliphatic heterocycles. The third-order valence-corrected chi connectivity index (χ3v) is 4.02. The van der Waals surface area contributed by atoms with Crippen LogP contribution in [0.4, 0.5) is 4.39 Å². The summed E-state index contributed by atoms with van der Waals surface area (Å²) in [7, 11) is 0. The van der Waals surface area contributed by atoms with Gasteiger partial charge in [0.15, 0.2) is 0 Å². The van der Waals surface area contributed by atoms with Gasteiger partial charge < -0.3 is 10.5 Å². The molecule has 0 fully saturated rings. The standard InChI is InChI=1S/C16H15BrFNO/c17-12-5-10(6-13(18)8-12)9-20-14-2-3-15-11(7-14)1-4-16(15)19/h2-3,5-8,16H,1,4,9,19H2. The lowest BCUT2D eigenvalue weighted by atomic mass is 10.1. The highest BCUT2D eigenvalue weighted by Crippen LogP contribution is 2.32. The fraction of sp³-hybridized carbons (Fsp3) is 0.250. The Hall–Kier alpha value is -1.39. The van der Waals surface area contributed by atoms with E-state index in [1.54, 1.807) is 0 Å². The van der Waals surface area contributed by atoms with Gasteiger partial charge in [-0.15, -0.1) is 0 Å². The summed E-state index contributed by atoms with van der Waals surface area (Å²) in [4.78, 5) is 0. The maximum Gasteiger partial charge on any atom is 0.124 e. The maximum atomic E-state index is 13.3. The van der Waals surface area contributed by atoms with Gasteiger partial charge in [0, 0.05) is 10.5 Å². The van der Waals surface area contributed by atoms with E-state index in [9.17, 15) is 4.39 Å². The van der Waals surface area contributed by atoms with E-state index in [0.717, 1.165) is 28.6 Å². The Balaban J connectivity index is 1.72. The van der Waals surface area contributed by atoms with Gasteiger partial charge >= 0.3 is 0 Å². The minimum Gasteiger partial charge on any atom is -0.489 e. The molecule has 1 atom stereocenters. The van der Waals surface area contributed by atoms with Crippen molar-refractivity contribution in [1.29, 1.82) is 0 Å². The van der Waals surface area contributed by atoms with E-state index >= 15 is 0 Å². The lowest BCUT2D eigenvalue weighted by molar-refractivity contribution is 0.305. The molecule has 3 rings (SSSR count). The summed E-state index contributed by atoms with van der Waals surface area (Å²) in [6, 6.07) is 10.9. The highest BCUT2D eigenvalue weighted by atomic mass is 79.9. The van der Waals surface area contributed by atoms with Crippen LogP contribution in [-0.2, 0) is 13.0 Å². The van der Waals surface area contributed by atoms with Gasteiger partial charge in [-0.05, 0) is 59.9 Å². The molecule has 0 radical (unpaired) electrons. The molecule has 2 aromatic carbocycles. The number of ether oxygens (including phenoxy) is 1. The van der Waals surface area contributed by atoms with Crippen molar-refractivity contribution >= 4 is 15.9 Å². The van der Waals surface area contributed by atoms with E-state index in [2.05, 4.69) is 15.9 Å². The Kier molecular flexibility index (Phi) is 3.76. The van der Waals surface area contributed by atoms with Crippen molar-refractivity contribution in [2.24, 2.45) is 5.73 Å². The van der Waals surface area contributed by atoms with Crippen LogP contribution in [0.15, 0.2) is 40.9 Å². The number of aryl methyl sites for hydroxylation is 1. The lowest BCUT2D eigenvalue weighted by Gasteiger charge is -2.10. The first-order chi connectivity index (χ1) is 9.61. The van der Waals surface area contributed by atoms with Gasteiger partial charge in [-0.25, -0.2) is 4.39 Å². The molecule has 0 amide bonds. The Morgan fingerprint density at radius 1 is 1.25 bits per heavy atom. The van der Waals surface area contributed by atoms with Crippen molar-refractivity contribution in [2.45, 2.75) is 25.5 Å². The molecule has 1 aliphatic rings. The predicted octanol–water partition coefficient (Wildman–Crippen LogP) is 4.11. The molecule has 2 N–H and O–H groups in total. The molecule has 0 spiro atoms. The fourth-order valence-electron chi connectivity index (χ4n) is 2.58. The number of hydrogen-bond donors (Lipinski definition) is 1. The smallest absolute Gasteiger partial charge is 0.124 e. The van der Waals surface area contributed by atoms with Crippen molar-refractivity contribution in [3.8, 4) is 5.75 Å². The van der Waals surface area contributed by atoms with Gasteiger partial charge in [0.2, 0.25) is 0 Å². The normalized spacial score (nSPS) is 17.1. The molecule has 0 aromatic heterocycles. The van der Waals surface area contributed by atoms with Crippen LogP contribution in [0.5, 0.6) is 5.75 Å². The van der Waals surface area contributed by atoms with Crippen molar-refractivity contribution in [1.82, 2.24) is 0 Å². The summed E-state index contributed by atoms with van der Waals surface area (Å²) in [5.74, 6) is 0.538. The summed E-state index contributed by atoms with van der Waals surface area (Å²) >= 11 is 3.28. The molecule has 2 aromatic rings. The summed E-state index contributed by atoms with van der Waals surface area (Å²) in [5.41, 5.74) is 9.28. The second kappa shape index (κ2) is 5.54. The highest BCUT2D eigenvalue weighted by Gasteiger charge is 2.19. The van der Waals surface area contributed by atoms with E-state index in [-0.39, 0.29) is 11.9 Å². The molecule has 0 bridgehead atoms. The first-order valence-electron chi connectivity index (χ1n) is 6.58. The topological polar surface area (TPSA) is 35.2 Å². The van der Waals surface area contributed by atoms with Crippen LogP contribution in [0.2, 0.25) is 0 Å². The van der Waals surface area contributed by atoms with Crippen LogP contribution in [-0.4, -0.2) is 0 Å².